The second-order valence-electron chi connectivity index (χ2n) is 6.66. The van der Waals surface area contributed by atoms with Crippen LogP contribution in [0.1, 0.15) is 17.5 Å². The molecule has 0 N–H and O–H groups in total. The molecule has 122 valence electrons. The van der Waals surface area contributed by atoms with Gasteiger partial charge < -0.3 is 4.55 Å². The predicted octanol–water partition coefficient (Wildman–Crippen LogP) is 2.76. The van der Waals surface area contributed by atoms with Gasteiger partial charge in [-0.15, -0.1) is 0 Å². The number of hydrogen-bond acceptors (Lipinski definition) is 3. The van der Waals surface area contributed by atoms with E-state index < -0.39 is 10.1 Å². The lowest BCUT2D eigenvalue weighted by molar-refractivity contribution is 0.391. The van der Waals surface area contributed by atoms with E-state index in [2.05, 4.69) is 56.6 Å². The third kappa shape index (κ3) is 3.32. The summed E-state index contributed by atoms with van der Waals surface area (Å²) in [6, 6.07) is 14.7. The Labute approximate surface area is 137 Å². The summed E-state index contributed by atoms with van der Waals surface area (Å²) in [4.78, 5) is 0. The first-order valence-corrected chi connectivity index (χ1v) is 9.33. The lowest BCUT2D eigenvalue weighted by Crippen LogP contribution is -2.42. The molecular formula is C18H21NO3S. The first-order chi connectivity index (χ1) is 10.8. The maximum absolute atomic E-state index is 10.8. The average molecular weight is 331 g/mol. The molecule has 0 saturated heterocycles. The topological polar surface area (TPSA) is 57.2 Å². The minimum Gasteiger partial charge on any atom is -0.748 e. The molecule has 23 heavy (non-hydrogen) atoms. The Kier molecular flexibility index (Phi) is 4.04. The van der Waals surface area contributed by atoms with Gasteiger partial charge in [0, 0.05) is 24.2 Å². The van der Waals surface area contributed by atoms with Crippen LogP contribution in [0.15, 0.2) is 42.5 Å². The molecule has 0 fully saturated rings. The van der Waals surface area contributed by atoms with Crippen molar-refractivity contribution in [3.05, 3.63) is 53.6 Å². The highest BCUT2D eigenvalue weighted by Crippen LogP contribution is 2.42. The molecule has 1 aliphatic rings. The lowest BCUT2D eigenvalue weighted by Gasteiger charge is -2.31. The highest BCUT2D eigenvalue weighted by molar-refractivity contribution is 7.85. The number of benzene rings is 2. The molecule has 2 aromatic carbocycles. The first kappa shape index (κ1) is 16.2. The molecule has 0 saturated carbocycles. The second kappa shape index (κ2) is 5.74. The van der Waals surface area contributed by atoms with Crippen LogP contribution in [0.5, 0.6) is 0 Å². The Hall–Kier alpha value is -1.69. The number of rotatable bonds is 5. The van der Waals surface area contributed by atoms with Crippen molar-refractivity contribution >= 4 is 15.8 Å². The zero-order chi connectivity index (χ0) is 16.7. The van der Waals surface area contributed by atoms with Crippen molar-refractivity contribution in [3.8, 4) is 11.1 Å². The van der Waals surface area contributed by atoms with E-state index >= 15 is 0 Å². The van der Waals surface area contributed by atoms with Gasteiger partial charge in [-0.05, 0) is 22.8 Å². The van der Waals surface area contributed by atoms with E-state index in [1.807, 2.05) is 0 Å². The summed E-state index contributed by atoms with van der Waals surface area (Å²) in [5.41, 5.74) is 6.38. The minimum atomic E-state index is -4.14. The maximum atomic E-state index is 10.8. The smallest absolute Gasteiger partial charge is 0.136 e. The molecule has 0 aliphatic heterocycles. The molecule has 0 atom stereocenters. The fourth-order valence-electron chi connectivity index (χ4n) is 3.46. The lowest BCUT2D eigenvalue weighted by atomic mass is 10.0. The van der Waals surface area contributed by atoms with Crippen LogP contribution in [0.3, 0.4) is 0 Å². The molecule has 0 amide bonds. The van der Waals surface area contributed by atoms with Gasteiger partial charge in [0.25, 0.3) is 0 Å². The molecule has 2 aromatic rings. The molecule has 4 nitrogen and oxygen atoms in total. The Morgan fingerprint density at radius 2 is 1.74 bits per heavy atom. The van der Waals surface area contributed by atoms with Crippen LogP contribution < -0.4 is 4.48 Å². The molecule has 0 aromatic heterocycles. The molecule has 0 bridgehead atoms. The van der Waals surface area contributed by atoms with Gasteiger partial charge in [0.15, 0.2) is 0 Å². The van der Waals surface area contributed by atoms with Crippen molar-refractivity contribution in [2.45, 2.75) is 12.8 Å². The van der Waals surface area contributed by atoms with Gasteiger partial charge in [0.05, 0.1) is 30.8 Å². The molecule has 1 aliphatic carbocycles. The average Bonchev–Trinajstić information content (AvgIpc) is 2.84. The molecule has 0 heterocycles. The van der Waals surface area contributed by atoms with Crippen molar-refractivity contribution in [1.29, 1.82) is 0 Å². The fraction of sp³-hybridized carbons (Fsp3) is 0.333. The summed E-state index contributed by atoms with van der Waals surface area (Å²) < 4.78 is 33.1. The summed E-state index contributed by atoms with van der Waals surface area (Å²) in [5.74, 6) is -0.302. The van der Waals surface area contributed by atoms with Crippen LogP contribution >= 0.6 is 0 Å². The van der Waals surface area contributed by atoms with Crippen molar-refractivity contribution in [2.75, 3.05) is 26.4 Å². The van der Waals surface area contributed by atoms with E-state index in [0.29, 0.717) is 17.4 Å². The summed E-state index contributed by atoms with van der Waals surface area (Å²) in [5, 5.41) is 0. The highest BCUT2D eigenvalue weighted by Gasteiger charge is 2.29. The molecule has 5 heteroatoms. The third-order valence-electron chi connectivity index (χ3n) is 4.59. The van der Waals surface area contributed by atoms with Crippen molar-refractivity contribution in [3.63, 3.8) is 0 Å². The first-order valence-electron chi connectivity index (χ1n) is 7.75. The van der Waals surface area contributed by atoms with E-state index in [9.17, 15) is 13.0 Å². The Morgan fingerprint density at radius 1 is 1.04 bits per heavy atom. The number of quaternary nitrogens is 1. The summed E-state index contributed by atoms with van der Waals surface area (Å²) in [6.45, 7) is 0.619. The Morgan fingerprint density at radius 3 is 2.48 bits per heavy atom. The van der Waals surface area contributed by atoms with Gasteiger partial charge in [-0.25, -0.2) is 8.42 Å². The number of fused-ring (bicyclic) bond motifs is 3. The fourth-order valence-corrected chi connectivity index (χ4v) is 3.95. The summed E-state index contributed by atoms with van der Waals surface area (Å²) >= 11 is 0. The van der Waals surface area contributed by atoms with Gasteiger partial charge in [0.2, 0.25) is 0 Å². The molecule has 0 spiro atoms. The van der Waals surface area contributed by atoms with Crippen LogP contribution in [0.25, 0.3) is 11.1 Å². The van der Waals surface area contributed by atoms with E-state index in [1.165, 1.54) is 27.9 Å². The quantitative estimate of drug-likeness (QED) is 0.533. The zero-order valence-corrected chi connectivity index (χ0v) is 14.3. The second-order valence-corrected chi connectivity index (χ2v) is 8.18. The van der Waals surface area contributed by atoms with Gasteiger partial charge >= 0.3 is 0 Å². The van der Waals surface area contributed by atoms with Crippen LogP contribution in [0.2, 0.25) is 0 Å². The van der Waals surface area contributed by atoms with Gasteiger partial charge in [0.1, 0.15) is 5.69 Å². The molecule has 0 unspecified atom stereocenters. The van der Waals surface area contributed by atoms with Crippen molar-refractivity contribution < 1.29 is 13.0 Å². The Bertz CT molecular complexity index is 841. The highest BCUT2D eigenvalue weighted by atomic mass is 32.2. The normalized spacial score (nSPS) is 13.7. The van der Waals surface area contributed by atoms with E-state index in [0.717, 1.165) is 6.42 Å². The third-order valence-corrected chi connectivity index (χ3v) is 5.38. The standard InChI is InChI=1S/C18H21NO3S/c1-19(2,11-6-12-23(20,21)22)18-10-5-9-16-15-8-4-3-7-14(15)13-17(16)18/h3-5,7-10H,6,11-13H2,1-2H3. The summed E-state index contributed by atoms with van der Waals surface area (Å²) in [6.07, 6.45) is 1.28. The van der Waals surface area contributed by atoms with Crippen molar-refractivity contribution in [2.24, 2.45) is 0 Å². The zero-order valence-electron chi connectivity index (χ0n) is 13.5. The minimum absolute atomic E-state index is 0.302. The van der Waals surface area contributed by atoms with E-state index in [4.69, 9.17) is 0 Å². The molecule has 3 rings (SSSR count). The van der Waals surface area contributed by atoms with Gasteiger partial charge in [-0.1, -0.05) is 36.4 Å². The van der Waals surface area contributed by atoms with Gasteiger partial charge in [-0.2, -0.15) is 0 Å². The SMILES string of the molecule is C[N+](C)(CCCS(=O)(=O)[O-])c1cccc2c1Cc1ccccc1-2. The van der Waals surface area contributed by atoms with Crippen LogP contribution in [-0.4, -0.2) is 39.4 Å². The predicted molar refractivity (Wildman–Crippen MR) is 92.4 cm³/mol. The number of hydrogen-bond donors (Lipinski definition) is 0. The summed E-state index contributed by atoms with van der Waals surface area (Å²) in [7, 11) is -0.0129. The Balaban J connectivity index is 1.90. The van der Waals surface area contributed by atoms with E-state index in [1.54, 1.807) is 0 Å². The largest absolute Gasteiger partial charge is 0.748 e. The molecular weight excluding hydrogens is 310 g/mol. The van der Waals surface area contributed by atoms with Crippen LogP contribution in [-0.2, 0) is 16.5 Å². The van der Waals surface area contributed by atoms with Crippen LogP contribution in [0, 0.1) is 0 Å². The van der Waals surface area contributed by atoms with E-state index in [-0.39, 0.29) is 5.75 Å². The van der Waals surface area contributed by atoms with Crippen LogP contribution in [0.4, 0.5) is 5.69 Å². The monoisotopic (exact) mass is 331 g/mol. The maximum Gasteiger partial charge on any atom is 0.136 e. The molecule has 0 radical (unpaired) electrons. The number of nitrogens with zero attached hydrogens (tertiary/aromatic N) is 1. The van der Waals surface area contributed by atoms with Crippen molar-refractivity contribution in [1.82, 2.24) is 4.48 Å². The van der Waals surface area contributed by atoms with Gasteiger partial charge in [-0.3, -0.25) is 4.48 Å².